The van der Waals surface area contributed by atoms with Gasteiger partial charge in [-0.05, 0) is 31.2 Å². The number of Topliss-reactive ketones (excluding diaryl/α,β-unsaturated/α-hetero) is 1. The molecule has 15 heavy (non-hydrogen) atoms. The molecule has 4 heteroatoms. The van der Waals surface area contributed by atoms with E-state index >= 15 is 0 Å². The highest BCUT2D eigenvalue weighted by Gasteiger charge is 2.23. The second-order valence-electron chi connectivity index (χ2n) is 3.68. The number of rotatable bonds is 2. The Bertz CT molecular complexity index is 388. The summed E-state index contributed by atoms with van der Waals surface area (Å²) in [5, 5.41) is 3.16. The quantitative estimate of drug-likeness (QED) is 0.786. The molecule has 0 aliphatic carbocycles. The number of hydrogen-bond donors (Lipinski definition) is 1. The molecule has 0 bridgehead atoms. The molecular weight excluding hydrogens is 217 g/mol. The molecule has 1 N–H and O–H groups in total. The molecule has 0 aromatic heterocycles. The zero-order valence-electron chi connectivity index (χ0n) is 8.09. The summed E-state index contributed by atoms with van der Waals surface area (Å²) in [6.07, 6.45) is 0.822. The molecule has 80 valence electrons. The van der Waals surface area contributed by atoms with Gasteiger partial charge in [-0.25, -0.2) is 4.39 Å². The van der Waals surface area contributed by atoms with Crippen molar-refractivity contribution in [2.75, 3.05) is 13.1 Å². The molecule has 1 heterocycles. The lowest BCUT2D eigenvalue weighted by molar-refractivity contribution is 0.0930. The number of carbonyl (C=O) groups excluding carboxylic acids is 1. The Hall–Kier alpha value is -0.930. The molecule has 1 atom stereocenters. The van der Waals surface area contributed by atoms with Crippen LogP contribution in [0.15, 0.2) is 18.2 Å². The molecule has 0 spiro atoms. The highest BCUT2D eigenvalue weighted by Crippen LogP contribution is 2.20. The number of hydrogen-bond acceptors (Lipinski definition) is 2. The minimum absolute atomic E-state index is 0.00410. The third kappa shape index (κ3) is 2.19. The summed E-state index contributed by atoms with van der Waals surface area (Å²) in [6.45, 7) is 1.54. The molecule has 1 unspecified atom stereocenters. The van der Waals surface area contributed by atoms with Gasteiger partial charge < -0.3 is 5.32 Å². The average molecular weight is 228 g/mol. The van der Waals surface area contributed by atoms with Gasteiger partial charge in [-0.2, -0.15) is 0 Å². The largest absolute Gasteiger partial charge is 0.316 e. The standard InChI is InChI=1S/C11H11ClFNO/c12-9-2-1-7(5-10(9)13)11(15)8-3-4-14-6-8/h1-2,5,8,14H,3-4,6H2. The van der Waals surface area contributed by atoms with Gasteiger partial charge in [0.2, 0.25) is 0 Å². The third-order valence-corrected chi connectivity index (χ3v) is 2.94. The number of ketones is 1. The van der Waals surface area contributed by atoms with E-state index in [1.165, 1.54) is 12.1 Å². The Morgan fingerprint density at radius 1 is 1.53 bits per heavy atom. The van der Waals surface area contributed by atoms with E-state index in [1.54, 1.807) is 6.07 Å². The van der Waals surface area contributed by atoms with Gasteiger partial charge in [0.05, 0.1) is 5.02 Å². The molecule has 0 saturated carbocycles. The fourth-order valence-electron chi connectivity index (χ4n) is 1.76. The van der Waals surface area contributed by atoms with Gasteiger partial charge in [-0.3, -0.25) is 4.79 Å². The van der Waals surface area contributed by atoms with Gasteiger partial charge in [-0.15, -0.1) is 0 Å². The molecular formula is C11H11ClFNO. The first-order valence-corrected chi connectivity index (χ1v) is 5.26. The molecule has 1 aliphatic heterocycles. The smallest absolute Gasteiger partial charge is 0.167 e. The number of carbonyl (C=O) groups is 1. The van der Waals surface area contributed by atoms with Gasteiger partial charge in [0, 0.05) is 18.0 Å². The average Bonchev–Trinajstić information content (AvgIpc) is 2.74. The van der Waals surface area contributed by atoms with Gasteiger partial charge in [0.15, 0.2) is 5.78 Å². The van der Waals surface area contributed by atoms with Crippen molar-refractivity contribution in [3.8, 4) is 0 Å². The first-order chi connectivity index (χ1) is 7.18. The van der Waals surface area contributed by atoms with E-state index in [4.69, 9.17) is 11.6 Å². The lowest BCUT2D eigenvalue weighted by atomic mass is 9.97. The van der Waals surface area contributed by atoms with Crippen molar-refractivity contribution in [2.24, 2.45) is 5.92 Å². The number of benzene rings is 1. The van der Waals surface area contributed by atoms with E-state index in [1.807, 2.05) is 0 Å². The zero-order valence-corrected chi connectivity index (χ0v) is 8.85. The SMILES string of the molecule is O=C(c1ccc(Cl)c(F)c1)C1CCNC1. The van der Waals surface area contributed by atoms with Crippen molar-refractivity contribution < 1.29 is 9.18 Å². The molecule has 0 amide bonds. The van der Waals surface area contributed by atoms with Crippen LogP contribution in [0.5, 0.6) is 0 Å². The predicted molar refractivity (Wildman–Crippen MR) is 56.7 cm³/mol. The highest BCUT2D eigenvalue weighted by molar-refractivity contribution is 6.30. The van der Waals surface area contributed by atoms with Gasteiger partial charge in [0.25, 0.3) is 0 Å². The monoisotopic (exact) mass is 227 g/mol. The lowest BCUT2D eigenvalue weighted by Gasteiger charge is -2.07. The molecule has 2 rings (SSSR count). The molecule has 1 saturated heterocycles. The Morgan fingerprint density at radius 3 is 2.93 bits per heavy atom. The van der Waals surface area contributed by atoms with Crippen molar-refractivity contribution in [2.45, 2.75) is 6.42 Å². The van der Waals surface area contributed by atoms with Crippen LogP contribution in [-0.4, -0.2) is 18.9 Å². The zero-order chi connectivity index (χ0) is 10.8. The van der Waals surface area contributed by atoms with E-state index in [0.29, 0.717) is 12.1 Å². The van der Waals surface area contributed by atoms with E-state index in [2.05, 4.69) is 5.32 Å². The number of halogens is 2. The fraction of sp³-hybridized carbons (Fsp3) is 0.364. The highest BCUT2D eigenvalue weighted by atomic mass is 35.5. The Kier molecular flexibility index (Phi) is 3.03. The number of nitrogens with one attached hydrogen (secondary N) is 1. The Labute approximate surface area is 92.4 Å². The van der Waals surface area contributed by atoms with E-state index in [-0.39, 0.29) is 16.7 Å². The minimum Gasteiger partial charge on any atom is -0.316 e. The van der Waals surface area contributed by atoms with Gasteiger partial charge >= 0.3 is 0 Å². The fourth-order valence-corrected chi connectivity index (χ4v) is 1.88. The first-order valence-electron chi connectivity index (χ1n) is 4.88. The molecule has 1 aliphatic rings. The van der Waals surface area contributed by atoms with Crippen LogP contribution < -0.4 is 5.32 Å². The van der Waals surface area contributed by atoms with E-state index in [0.717, 1.165) is 13.0 Å². The topological polar surface area (TPSA) is 29.1 Å². The summed E-state index contributed by atoms with van der Waals surface area (Å²) >= 11 is 5.55. The normalized spacial score (nSPS) is 20.5. The summed E-state index contributed by atoms with van der Waals surface area (Å²) < 4.78 is 13.1. The summed E-state index contributed by atoms with van der Waals surface area (Å²) in [5.74, 6) is -0.561. The molecule has 2 nitrogen and oxygen atoms in total. The van der Waals surface area contributed by atoms with Crippen molar-refractivity contribution in [3.05, 3.63) is 34.6 Å². The van der Waals surface area contributed by atoms with E-state index < -0.39 is 5.82 Å². The van der Waals surface area contributed by atoms with Crippen LogP contribution in [-0.2, 0) is 0 Å². The first kappa shape index (κ1) is 10.6. The van der Waals surface area contributed by atoms with Crippen LogP contribution in [0.2, 0.25) is 5.02 Å². The summed E-state index contributed by atoms with van der Waals surface area (Å²) in [7, 11) is 0. The van der Waals surface area contributed by atoms with Crippen LogP contribution in [0, 0.1) is 11.7 Å². The van der Waals surface area contributed by atoms with Gasteiger partial charge in [-0.1, -0.05) is 11.6 Å². The van der Waals surface area contributed by atoms with Crippen LogP contribution in [0.4, 0.5) is 4.39 Å². The summed E-state index contributed by atoms with van der Waals surface area (Å²) in [6, 6.07) is 4.21. The molecule has 1 fully saturated rings. The van der Waals surface area contributed by atoms with Crippen molar-refractivity contribution >= 4 is 17.4 Å². The van der Waals surface area contributed by atoms with Crippen molar-refractivity contribution in [1.29, 1.82) is 0 Å². The van der Waals surface area contributed by atoms with Crippen LogP contribution in [0.3, 0.4) is 0 Å². The summed E-state index contributed by atoms with van der Waals surface area (Å²) in [5.41, 5.74) is 0.408. The second-order valence-corrected chi connectivity index (χ2v) is 4.09. The van der Waals surface area contributed by atoms with Crippen LogP contribution in [0.1, 0.15) is 16.8 Å². The maximum atomic E-state index is 13.1. The maximum absolute atomic E-state index is 13.1. The minimum atomic E-state index is -0.534. The lowest BCUT2D eigenvalue weighted by Crippen LogP contribution is -2.18. The van der Waals surface area contributed by atoms with Crippen molar-refractivity contribution in [1.82, 2.24) is 5.32 Å². The van der Waals surface area contributed by atoms with Crippen LogP contribution >= 0.6 is 11.6 Å². The van der Waals surface area contributed by atoms with Crippen molar-refractivity contribution in [3.63, 3.8) is 0 Å². The Morgan fingerprint density at radius 2 is 2.33 bits per heavy atom. The second kappa shape index (κ2) is 4.29. The van der Waals surface area contributed by atoms with E-state index in [9.17, 15) is 9.18 Å². The maximum Gasteiger partial charge on any atom is 0.167 e. The van der Waals surface area contributed by atoms with Crippen LogP contribution in [0.25, 0.3) is 0 Å². The van der Waals surface area contributed by atoms with Gasteiger partial charge in [0.1, 0.15) is 5.82 Å². The predicted octanol–water partition coefficient (Wildman–Crippen LogP) is 2.27. The molecule has 1 aromatic carbocycles. The summed E-state index contributed by atoms with van der Waals surface area (Å²) in [4.78, 5) is 11.9. The molecule has 1 aromatic rings. The third-order valence-electron chi connectivity index (χ3n) is 2.64. The molecule has 0 radical (unpaired) electrons. The Balaban J connectivity index is 2.21.